The Labute approximate surface area is 62.5 Å². The standard InChI is InChI=1S/C5H8O2.Sn/c1-4(6)3-5(2)7;/h3,6H,1-2H3;/q;+1/p-1. The maximum absolute atomic E-state index is 10.3. The molecule has 0 saturated carbocycles. The molecule has 0 saturated heterocycles. The minimum absolute atomic E-state index is 0.0323. The van der Waals surface area contributed by atoms with Crippen molar-refractivity contribution < 1.29 is 7.87 Å². The molecule has 0 unspecified atom stereocenters. The van der Waals surface area contributed by atoms with Gasteiger partial charge in [0.15, 0.2) is 0 Å². The van der Waals surface area contributed by atoms with Crippen LogP contribution >= 0.6 is 0 Å². The first kappa shape index (κ1) is 8.01. The Bertz CT molecular complexity index is 118. The van der Waals surface area contributed by atoms with Gasteiger partial charge in [0.05, 0.1) is 0 Å². The predicted octanol–water partition coefficient (Wildman–Crippen LogP) is 0.579. The van der Waals surface area contributed by atoms with Gasteiger partial charge in [0.25, 0.3) is 0 Å². The number of rotatable bonds is 2. The van der Waals surface area contributed by atoms with E-state index in [0.29, 0.717) is 5.76 Å². The second-order valence-electron chi connectivity index (χ2n) is 1.47. The maximum atomic E-state index is 10.3. The van der Waals surface area contributed by atoms with Crippen molar-refractivity contribution in [3.8, 4) is 0 Å². The van der Waals surface area contributed by atoms with Crippen molar-refractivity contribution in [2.45, 2.75) is 13.8 Å². The van der Waals surface area contributed by atoms with Crippen LogP contribution in [0, 0.1) is 0 Å². The van der Waals surface area contributed by atoms with Gasteiger partial charge < -0.3 is 0 Å². The van der Waals surface area contributed by atoms with Gasteiger partial charge in [-0.25, -0.2) is 0 Å². The second kappa shape index (κ2) is 3.95. The molecule has 0 aromatic carbocycles. The average Bonchev–Trinajstić information content (AvgIpc) is 1.65. The van der Waals surface area contributed by atoms with Gasteiger partial charge in [-0.15, -0.1) is 0 Å². The number of carbonyl (C=O) groups excluding carboxylic acids is 1. The first-order chi connectivity index (χ1) is 3.66. The van der Waals surface area contributed by atoms with Gasteiger partial charge in [0, 0.05) is 0 Å². The van der Waals surface area contributed by atoms with Crippen LogP contribution in [0.3, 0.4) is 0 Å². The Balaban J connectivity index is 3.75. The molecule has 0 amide bonds. The molecule has 0 aromatic heterocycles. The van der Waals surface area contributed by atoms with E-state index in [2.05, 4.69) is 0 Å². The van der Waals surface area contributed by atoms with Gasteiger partial charge in [-0.05, 0) is 0 Å². The van der Waals surface area contributed by atoms with Crippen molar-refractivity contribution in [2.75, 3.05) is 0 Å². The van der Waals surface area contributed by atoms with Crippen LogP contribution in [0.1, 0.15) is 13.8 Å². The molecule has 0 aliphatic heterocycles. The van der Waals surface area contributed by atoms with Crippen LogP contribution in [0.25, 0.3) is 0 Å². The van der Waals surface area contributed by atoms with E-state index < -0.39 is 0 Å². The van der Waals surface area contributed by atoms with Crippen molar-refractivity contribution >= 4 is 28.7 Å². The third-order valence-electron chi connectivity index (χ3n) is 0.568. The fraction of sp³-hybridized carbons (Fsp3) is 0.400. The molecule has 8 heavy (non-hydrogen) atoms. The van der Waals surface area contributed by atoms with Gasteiger partial charge in [0.1, 0.15) is 0 Å². The molecule has 0 spiro atoms. The number of hydrogen-bond donors (Lipinski definition) is 0. The summed E-state index contributed by atoms with van der Waals surface area (Å²) in [5.74, 6) is 0.723. The number of ketones is 1. The molecule has 0 aliphatic rings. The summed E-state index contributed by atoms with van der Waals surface area (Å²) in [7, 11) is 0. The van der Waals surface area contributed by atoms with Crippen LogP contribution in [0.4, 0.5) is 0 Å². The minimum atomic E-state index is 0.0323. The van der Waals surface area contributed by atoms with Gasteiger partial charge in [-0.2, -0.15) is 0 Å². The summed E-state index contributed by atoms with van der Waals surface area (Å²) in [6.45, 7) is 3.26. The molecule has 0 atom stereocenters. The van der Waals surface area contributed by atoms with E-state index in [1.54, 1.807) is 6.92 Å². The van der Waals surface area contributed by atoms with Gasteiger partial charge in [-0.1, -0.05) is 0 Å². The summed E-state index contributed by atoms with van der Waals surface area (Å²) in [4.78, 5) is 10.3. The van der Waals surface area contributed by atoms with E-state index in [1.165, 1.54) is 13.0 Å². The average molecular weight is 218 g/mol. The van der Waals surface area contributed by atoms with Crippen LogP contribution in [-0.2, 0) is 7.87 Å². The van der Waals surface area contributed by atoms with E-state index in [1.807, 2.05) is 0 Å². The van der Waals surface area contributed by atoms with Crippen molar-refractivity contribution in [2.24, 2.45) is 0 Å². The topological polar surface area (TPSA) is 26.3 Å². The van der Waals surface area contributed by atoms with Gasteiger partial charge >= 0.3 is 62.3 Å². The molecule has 0 fully saturated rings. The normalized spacial score (nSPS) is 11.1. The number of allylic oxidation sites excluding steroid dienone is 2. The summed E-state index contributed by atoms with van der Waals surface area (Å²) in [5, 5.41) is 0. The molecular weight excluding hydrogens is 211 g/mol. The molecule has 0 N–H and O–H groups in total. The fourth-order valence-corrected chi connectivity index (χ4v) is 0.484. The van der Waals surface area contributed by atoms with Crippen LogP contribution < -0.4 is 0 Å². The molecule has 2 nitrogen and oxygen atoms in total. The quantitative estimate of drug-likeness (QED) is 0.384. The van der Waals surface area contributed by atoms with Crippen LogP contribution in [-0.4, -0.2) is 28.7 Å². The third-order valence-corrected chi connectivity index (χ3v) is 1.49. The Morgan fingerprint density at radius 3 is 2.25 bits per heavy atom. The molecule has 0 aliphatic carbocycles. The monoisotopic (exact) mass is 219 g/mol. The zero-order valence-electron chi connectivity index (χ0n) is 4.89. The third kappa shape index (κ3) is 4.18. The van der Waals surface area contributed by atoms with Crippen LogP contribution in [0.15, 0.2) is 11.8 Å². The second-order valence-corrected chi connectivity index (χ2v) is 2.05. The number of carbonyl (C=O) groups is 1. The van der Waals surface area contributed by atoms with Crippen molar-refractivity contribution in [1.82, 2.24) is 0 Å². The summed E-state index contributed by atoms with van der Waals surface area (Å²) in [6.07, 6.45) is 1.47. The molecule has 0 heterocycles. The molecule has 3 radical (unpaired) electrons. The first-order valence-corrected chi connectivity index (χ1v) is 3.35. The zero-order valence-corrected chi connectivity index (χ0v) is 7.75. The predicted molar refractivity (Wildman–Crippen MR) is 31.3 cm³/mol. The summed E-state index contributed by atoms with van der Waals surface area (Å²) in [6, 6.07) is 0. The number of hydrogen-bond acceptors (Lipinski definition) is 2. The van der Waals surface area contributed by atoms with Gasteiger partial charge in [0.2, 0.25) is 0 Å². The zero-order chi connectivity index (χ0) is 6.57. The fourth-order valence-electron chi connectivity index (χ4n) is 0.316. The summed E-state index contributed by atoms with van der Waals surface area (Å²) in [5.41, 5.74) is 0. The van der Waals surface area contributed by atoms with E-state index in [-0.39, 0.29) is 5.78 Å². The van der Waals surface area contributed by atoms with E-state index in [4.69, 9.17) is 3.07 Å². The summed E-state index contributed by atoms with van der Waals surface area (Å²) < 4.78 is 4.79. The van der Waals surface area contributed by atoms with Crippen LogP contribution in [0.2, 0.25) is 0 Å². The Hall–Kier alpha value is 0.00870. The molecule has 3 heteroatoms. The van der Waals surface area contributed by atoms with Crippen LogP contribution in [0.5, 0.6) is 0 Å². The molecule has 0 rings (SSSR count). The Kier molecular flexibility index (Phi) is 3.95. The molecule has 43 valence electrons. The van der Waals surface area contributed by atoms with Crippen molar-refractivity contribution in [1.29, 1.82) is 0 Å². The first-order valence-electron chi connectivity index (χ1n) is 2.19. The van der Waals surface area contributed by atoms with Gasteiger partial charge in [-0.3, -0.25) is 0 Å². The van der Waals surface area contributed by atoms with Crippen molar-refractivity contribution in [3.63, 3.8) is 0 Å². The Morgan fingerprint density at radius 2 is 2.12 bits per heavy atom. The summed E-state index contributed by atoms with van der Waals surface area (Å²) >= 11 is 0.967. The Morgan fingerprint density at radius 1 is 1.62 bits per heavy atom. The molecular formula is C5H7O2Sn. The SMILES string of the molecule is CC(=O)C=C(C)[O][Sn]. The van der Waals surface area contributed by atoms with E-state index in [9.17, 15) is 4.79 Å². The van der Waals surface area contributed by atoms with E-state index in [0.717, 1.165) is 22.9 Å². The molecule has 0 aromatic rings. The van der Waals surface area contributed by atoms with Crippen molar-refractivity contribution in [3.05, 3.63) is 11.8 Å². The molecule has 0 bridgehead atoms. The van der Waals surface area contributed by atoms with E-state index >= 15 is 0 Å².